The number of carbonyl (C=O) groups excluding carboxylic acids is 1. The summed E-state index contributed by atoms with van der Waals surface area (Å²) in [4.78, 5) is 25.5. The van der Waals surface area contributed by atoms with Gasteiger partial charge in [0.2, 0.25) is 0 Å². The number of benzene rings is 1. The van der Waals surface area contributed by atoms with Crippen molar-refractivity contribution in [2.45, 2.75) is 36.5 Å². The van der Waals surface area contributed by atoms with Crippen LogP contribution >= 0.6 is 11.8 Å². The Kier molecular flexibility index (Phi) is 5.39. The smallest absolute Gasteiger partial charge is 0.308 e. The van der Waals surface area contributed by atoms with Crippen LogP contribution in [0.15, 0.2) is 29.2 Å². The lowest BCUT2D eigenvalue weighted by molar-refractivity contribution is -0.143. The molecule has 0 spiro atoms. The zero-order chi connectivity index (χ0) is 16.3. The second-order valence-corrected chi connectivity index (χ2v) is 6.39. The number of piperidine rings is 1. The predicted octanol–water partition coefficient (Wildman–Crippen LogP) is 3.33. The highest BCUT2D eigenvalue weighted by Crippen LogP contribution is 2.27. The number of nitrogens with zero attached hydrogens (tertiary/aromatic N) is 1. The number of carboxylic acid groups (broad SMARTS) is 1. The fourth-order valence-electron chi connectivity index (χ4n) is 2.54. The van der Waals surface area contributed by atoms with Crippen LogP contribution in [-0.4, -0.2) is 40.2 Å². The largest absolute Gasteiger partial charge is 0.481 e. The third-order valence-electron chi connectivity index (χ3n) is 3.82. The first-order chi connectivity index (χ1) is 10.4. The number of alkyl halides is 2. The quantitative estimate of drug-likeness (QED) is 0.861. The molecule has 1 N–H and O–H groups in total. The molecule has 1 fully saturated rings. The SMILES string of the molecule is CC1CCC(C(=O)O)CN1C(=O)c1ccc(SC(F)F)cc1. The molecule has 120 valence electrons. The zero-order valence-electron chi connectivity index (χ0n) is 12.0. The predicted molar refractivity (Wildman–Crippen MR) is 79.2 cm³/mol. The van der Waals surface area contributed by atoms with E-state index in [0.717, 1.165) is 0 Å². The molecule has 0 bridgehead atoms. The second kappa shape index (κ2) is 7.09. The standard InChI is InChI=1S/C15H17F2NO3S/c1-9-2-3-11(14(20)21)8-18(9)13(19)10-4-6-12(7-5-10)22-15(16)17/h4-7,9,11,15H,2-3,8H2,1H3,(H,20,21). The molecule has 2 unspecified atom stereocenters. The highest BCUT2D eigenvalue weighted by Gasteiger charge is 2.32. The van der Waals surface area contributed by atoms with Crippen molar-refractivity contribution in [2.75, 3.05) is 6.54 Å². The number of thioether (sulfide) groups is 1. The molecule has 1 aliphatic heterocycles. The van der Waals surface area contributed by atoms with Crippen molar-refractivity contribution < 1.29 is 23.5 Å². The number of carboxylic acids is 1. The Morgan fingerprint density at radius 3 is 2.45 bits per heavy atom. The minimum absolute atomic E-state index is 0.0294. The summed E-state index contributed by atoms with van der Waals surface area (Å²) in [6.07, 6.45) is 1.20. The zero-order valence-corrected chi connectivity index (χ0v) is 12.9. The Labute approximate surface area is 131 Å². The van der Waals surface area contributed by atoms with Crippen LogP contribution in [0.4, 0.5) is 8.78 Å². The lowest BCUT2D eigenvalue weighted by atomic mass is 9.93. The molecule has 0 aromatic heterocycles. The lowest BCUT2D eigenvalue weighted by Crippen LogP contribution is -2.47. The summed E-state index contributed by atoms with van der Waals surface area (Å²) < 4.78 is 24.5. The van der Waals surface area contributed by atoms with Gasteiger partial charge in [0, 0.05) is 23.0 Å². The maximum atomic E-state index is 12.5. The van der Waals surface area contributed by atoms with Gasteiger partial charge in [-0.15, -0.1) is 0 Å². The van der Waals surface area contributed by atoms with Gasteiger partial charge in [-0.3, -0.25) is 9.59 Å². The molecule has 2 rings (SSSR count). The fraction of sp³-hybridized carbons (Fsp3) is 0.467. The molecule has 4 nitrogen and oxygen atoms in total. The molecule has 1 aliphatic rings. The van der Waals surface area contributed by atoms with Gasteiger partial charge in [-0.05, 0) is 44.0 Å². The van der Waals surface area contributed by atoms with Crippen LogP contribution in [0.3, 0.4) is 0 Å². The van der Waals surface area contributed by atoms with Crippen molar-refractivity contribution in [2.24, 2.45) is 5.92 Å². The molecule has 2 atom stereocenters. The number of rotatable bonds is 4. The summed E-state index contributed by atoms with van der Waals surface area (Å²) in [7, 11) is 0. The summed E-state index contributed by atoms with van der Waals surface area (Å²) in [6, 6.07) is 5.94. The molecule has 7 heteroatoms. The van der Waals surface area contributed by atoms with Gasteiger partial charge in [0.1, 0.15) is 0 Å². The molecule has 1 saturated heterocycles. The van der Waals surface area contributed by atoms with Gasteiger partial charge in [-0.1, -0.05) is 11.8 Å². The summed E-state index contributed by atoms with van der Waals surface area (Å²) >= 11 is 0.423. The number of amides is 1. The van der Waals surface area contributed by atoms with Gasteiger partial charge >= 0.3 is 5.97 Å². The molecule has 1 aromatic rings. The van der Waals surface area contributed by atoms with E-state index < -0.39 is 17.6 Å². The number of carbonyl (C=O) groups is 2. The van der Waals surface area contributed by atoms with Crippen LogP contribution in [0.5, 0.6) is 0 Å². The van der Waals surface area contributed by atoms with Gasteiger partial charge in [0.15, 0.2) is 0 Å². The highest BCUT2D eigenvalue weighted by molar-refractivity contribution is 7.99. The average Bonchev–Trinajstić information content (AvgIpc) is 2.47. The maximum absolute atomic E-state index is 12.5. The molecular weight excluding hydrogens is 312 g/mol. The monoisotopic (exact) mass is 329 g/mol. The van der Waals surface area contributed by atoms with E-state index in [2.05, 4.69) is 0 Å². The number of likely N-dealkylation sites (tertiary alicyclic amines) is 1. The van der Waals surface area contributed by atoms with Gasteiger partial charge in [0.25, 0.3) is 11.7 Å². The summed E-state index contributed by atoms with van der Waals surface area (Å²) in [6.45, 7) is 2.07. The van der Waals surface area contributed by atoms with Gasteiger partial charge in [-0.25, -0.2) is 0 Å². The first-order valence-corrected chi connectivity index (χ1v) is 7.85. The Morgan fingerprint density at radius 1 is 1.27 bits per heavy atom. The van der Waals surface area contributed by atoms with E-state index in [1.165, 1.54) is 24.3 Å². The molecule has 22 heavy (non-hydrogen) atoms. The molecule has 1 amide bonds. The number of hydrogen-bond acceptors (Lipinski definition) is 3. The average molecular weight is 329 g/mol. The highest BCUT2D eigenvalue weighted by atomic mass is 32.2. The van der Waals surface area contributed by atoms with E-state index in [1.807, 2.05) is 6.92 Å². The molecule has 0 saturated carbocycles. The molecule has 1 aromatic carbocycles. The van der Waals surface area contributed by atoms with Crippen molar-refractivity contribution in [3.8, 4) is 0 Å². The fourth-order valence-corrected chi connectivity index (χ4v) is 3.04. The first-order valence-electron chi connectivity index (χ1n) is 6.97. The Hall–Kier alpha value is -1.63. The van der Waals surface area contributed by atoms with Gasteiger partial charge in [-0.2, -0.15) is 8.78 Å². The summed E-state index contributed by atoms with van der Waals surface area (Å²) in [5.41, 5.74) is 0.386. The maximum Gasteiger partial charge on any atom is 0.308 e. The minimum Gasteiger partial charge on any atom is -0.481 e. The normalized spacial score (nSPS) is 21.9. The summed E-state index contributed by atoms with van der Waals surface area (Å²) in [5, 5.41) is 9.10. The van der Waals surface area contributed by atoms with Crippen LogP contribution in [0.1, 0.15) is 30.1 Å². The van der Waals surface area contributed by atoms with Crippen LogP contribution < -0.4 is 0 Å². The number of aliphatic carboxylic acids is 1. The second-order valence-electron chi connectivity index (χ2n) is 5.32. The topological polar surface area (TPSA) is 57.6 Å². The third kappa shape index (κ3) is 3.97. The first kappa shape index (κ1) is 16.7. The van der Waals surface area contributed by atoms with Gasteiger partial charge in [0.05, 0.1) is 5.92 Å². The van der Waals surface area contributed by atoms with E-state index in [-0.39, 0.29) is 18.5 Å². The van der Waals surface area contributed by atoms with Crippen LogP contribution in [0.2, 0.25) is 0 Å². The van der Waals surface area contributed by atoms with Crippen molar-refractivity contribution in [3.05, 3.63) is 29.8 Å². The minimum atomic E-state index is -2.50. The van der Waals surface area contributed by atoms with Crippen LogP contribution in [-0.2, 0) is 4.79 Å². The van der Waals surface area contributed by atoms with Crippen molar-refractivity contribution >= 4 is 23.6 Å². The molecule has 0 aliphatic carbocycles. The summed E-state index contributed by atoms with van der Waals surface area (Å²) in [5.74, 6) is -4.20. The number of halogens is 2. The van der Waals surface area contributed by atoms with E-state index in [9.17, 15) is 18.4 Å². The van der Waals surface area contributed by atoms with Gasteiger partial charge < -0.3 is 10.0 Å². The Morgan fingerprint density at radius 2 is 1.91 bits per heavy atom. The van der Waals surface area contributed by atoms with Crippen molar-refractivity contribution in [3.63, 3.8) is 0 Å². The Balaban J connectivity index is 2.10. The third-order valence-corrected chi connectivity index (χ3v) is 4.54. The van der Waals surface area contributed by atoms with Crippen LogP contribution in [0, 0.1) is 5.92 Å². The molecule has 0 radical (unpaired) electrons. The van der Waals surface area contributed by atoms with E-state index in [1.54, 1.807) is 4.90 Å². The van der Waals surface area contributed by atoms with E-state index in [0.29, 0.717) is 35.1 Å². The lowest BCUT2D eigenvalue weighted by Gasteiger charge is -2.36. The van der Waals surface area contributed by atoms with E-state index in [4.69, 9.17) is 5.11 Å². The Bertz CT molecular complexity index is 550. The number of hydrogen-bond donors (Lipinski definition) is 1. The van der Waals surface area contributed by atoms with E-state index >= 15 is 0 Å². The van der Waals surface area contributed by atoms with Crippen LogP contribution in [0.25, 0.3) is 0 Å². The van der Waals surface area contributed by atoms with Crippen molar-refractivity contribution in [1.82, 2.24) is 4.90 Å². The molecular formula is C15H17F2NO3S. The molecule has 1 heterocycles. The van der Waals surface area contributed by atoms with Crippen molar-refractivity contribution in [1.29, 1.82) is 0 Å².